The van der Waals surface area contributed by atoms with Crippen LogP contribution in [0.5, 0.6) is 0 Å². The number of H-pyrrole nitrogens is 1. The molecule has 0 bridgehead atoms. The van der Waals surface area contributed by atoms with Gasteiger partial charge in [0.1, 0.15) is 6.04 Å². The van der Waals surface area contributed by atoms with Crippen LogP contribution in [-0.4, -0.2) is 22.1 Å². The summed E-state index contributed by atoms with van der Waals surface area (Å²) < 4.78 is 0. The Morgan fingerprint density at radius 3 is 2.62 bits per heavy atom. The molecular formula is C19H17ClN2O2. The van der Waals surface area contributed by atoms with Gasteiger partial charge in [0.05, 0.1) is 5.54 Å². The van der Waals surface area contributed by atoms with Gasteiger partial charge in [-0.05, 0) is 36.2 Å². The standard InChI is InChI=1S/C19H17ClN2O2/c1-19(11-6-8-12(20)9-7-11)17-14(10-16(22-19)18(23)24)13-4-2-3-5-15(13)21-17/h2-9,16,21-22H,10H2,1H3,(H,23,24)/t16-,19+/m0/s1. The fourth-order valence-corrected chi connectivity index (χ4v) is 3.80. The Bertz CT molecular complexity index is 932. The number of hydrogen-bond acceptors (Lipinski definition) is 2. The maximum atomic E-state index is 11.7. The molecule has 0 unspecified atom stereocenters. The van der Waals surface area contributed by atoms with E-state index in [9.17, 15) is 9.90 Å². The highest BCUT2D eigenvalue weighted by atomic mass is 35.5. The third-order valence-electron chi connectivity index (χ3n) is 4.90. The van der Waals surface area contributed by atoms with Crippen molar-refractivity contribution in [2.45, 2.75) is 24.9 Å². The first-order chi connectivity index (χ1) is 11.5. The Kier molecular flexibility index (Phi) is 3.41. The highest BCUT2D eigenvalue weighted by molar-refractivity contribution is 6.30. The molecule has 0 aliphatic carbocycles. The molecule has 2 atom stereocenters. The molecule has 3 aromatic rings. The van der Waals surface area contributed by atoms with E-state index < -0.39 is 17.6 Å². The predicted octanol–water partition coefficient (Wildman–Crippen LogP) is 3.68. The van der Waals surface area contributed by atoms with E-state index in [0.29, 0.717) is 11.4 Å². The molecule has 4 rings (SSSR count). The van der Waals surface area contributed by atoms with E-state index >= 15 is 0 Å². The van der Waals surface area contributed by atoms with Crippen molar-refractivity contribution < 1.29 is 9.90 Å². The Morgan fingerprint density at radius 1 is 1.21 bits per heavy atom. The summed E-state index contributed by atoms with van der Waals surface area (Å²) in [5, 5.41) is 14.7. The van der Waals surface area contributed by atoms with Gasteiger partial charge in [-0.25, -0.2) is 0 Å². The number of nitrogens with one attached hydrogen (secondary N) is 2. The summed E-state index contributed by atoms with van der Waals surface area (Å²) in [7, 11) is 0. The maximum Gasteiger partial charge on any atom is 0.321 e. The molecule has 0 spiro atoms. The number of benzene rings is 2. The van der Waals surface area contributed by atoms with Crippen molar-refractivity contribution in [2.24, 2.45) is 0 Å². The summed E-state index contributed by atoms with van der Waals surface area (Å²) in [5.41, 5.74) is 3.46. The van der Waals surface area contributed by atoms with Gasteiger partial charge in [-0.15, -0.1) is 0 Å². The smallest absolute Gasteiger partial charge is 0.321 e. The molecular weight excluding hydrogens is 324 g/mol. The zero-order valence-electron chi connectivity index (χ0n) is 13.1. The minimum atomic E-state index is -0.842. The van der Waals surface area contributed by atoms with Gasteiger partial charge in [0.2, 0.25) is 0 Å². The first kappa shape index (κ1) is 15.2. The normalized spacial score (nSPS) is 23.2. The Balaban J connectivity index is 1.97. The number of rotatable bonds is 2. The minimum absolute atomic E-state index is 0.456. The van der Waals surface area contributed by atoms with Crippen molar-refractivity contribution in [3.8, 4) is 0 Å². The van der Waals surface area contributed by atoms with Gasteiger partial charge in [0, 0.05) is 28.0 Å². The van der Waals surface area contributed by atoms with Crippen LogP contribution in [0.25, 0.3) is 10.9 Å². The number of aromatic nitrogens is 1. The summed E-state index contributed by atoms with van der Waals surface area (Å²) >= 11 is 6.02. The van der Waals surface area contributed by atoms with E-state index in [1.807, 2.05) is 55.5 Å². The molecule has 4 nitrogen and oxygen atoms in total. The number of hydrogen-bond donors (Lipinski definition) is 3. The number of aromatic amines is 1. The molecule has 0 fully saturated rings. The number of halogens is 1. The van der Waals surface area contributed by atoms with Gasteiger partial charge in [-0.1, -0.05) is 41.9 Å². The van der Waals surface area contributed by atoms with Crippen LogP contribution in [0.15, 0.2) is 48.5 Å². The van der Waals surface area contributed by atoms with Crippen LogP contribution >= 0.6 is 11.6 Å². The van der Waals surface area contributed by atoms with E-state index in [-0.39, 0.29) is 0 Å². The van der Waals surface area contributed by atoms with Crippen LogP contribution in [0.3, 0.4) is 0 Å². The zero-order chi connectivity index (χ0) is 16.9. The second kappa shape index (κ2) is 5.36. The van der Waals surface area contributed by atoms with Crippen molar-refractivity contribution in [3.63, 3.8) is 0 Å². The molecule has 1 aliphatic heterocycles. The molecule has 2 heterocycles. The summed E-state index contributed by atoms with van der Waals surface area (Å²) in [6.45, 7) is 2.01. The number of para-hydroxylation sites is 1. The van der Waals surface area contributed by atoms with Gasteiger partial charge in [0.25, 0.3) is 0 Å². The monoisotopic (exact) mass is 340 g/mol. The molecule has 0 saturated heterocycles. The minimum Gasteiger partial charge on any atom is -0.480 e. The van der Waals surface area contributed by atoms with Crippen molar-refractivity contribution in [2.75, 3.05) is 0 Å². The lowest BCUT2D eigenvalue weighted by Crippen LogP contribution is -2.54. The predicted molar refractivity (Wildman–Crippen MR) is 94.5 cm³/mol. The molecule has 1 aliphatic rings. The fourth-order valence-electron chi connectivity index (χ4n) is 3.67. The number of carboxylic acid groups (broad SMARTS) is 1. The molecule has 1 aromatic heterocycles. The average molecular weight is 341 g/mol. The van der Waals surface area contributed by atoms with Crippen molar-refractivity contribution >= 4 is 28.5 Å². The molecule has 122 valence electrons. The van der Waals surface area contributed by atoms with Crippen LogP contribution in [-0.2, 0) is 16.8 Å². The number of aliphatic carboxylic acids is 1. The van der Waals surface area contributed by atoms with E-state index in [0.717, 1.165) is 27.7 Å². The van der Waals surface area contributed by atoms with Crippen molar-refractivity contribution in [1.29, 1.82) is 0 Å². The lowest BCUT2D eigenvalue weighted by molar-refractivity contribution is -0.140. The van der Waals surface area contributed by atoms with Crippen LogP contribution in [0.4, 0.5) is 0 Å². The second-order valence-corrected chi connectivity index (χ2v) is 6.83. The maximum absolute atomic E-state index is 11.7. The summed E-state index contributed by atoms with van der Waals surface area (Å²) in [5.74, 6) is -0.842. The van der Waals surface area contributed by atoms with E-state index in [1.54, 1.807) is 0 Å². The molecule has 0 saturated carbocycles. The van der Waals surface area contributed by atoms with Crippen LogP contribution < -0.4 is 5.32 Å². The number of carboxylic acids is 1. The van der Waals surface area contributed by atoms with Crippen LogP contribution in [0, 0.1) is 0 Å². The van der Waals surface area contributed by atoms with E-state index in [2.05, 4.69) is 10.3 Å². The Hall–Kier alpha value is -2.30. The van der Waals surface area contributed by atoms with Gasteiger partial charge >= 0.3 is 5.97 Å². The van der Waals surface area contributed by atoms with Crippen molar-refractivity contribution in [1.82, 2.24) is 10.3 Å². The Labute approximate surface area is 144 Å². The van der Waals surface area contributed by atoms with Gasteiger partial charge < -0.3 is 10.1 Å². The van der Waals surface area contributed by atoms with Gasteiger partial charge in [0.15, 0.2) is 0 Å². The lowest BCUT2D eigenvalue weighted by Gasteiger charge is -2.39. The molecule has 3 N–H and O–H groups in total. The molecule has 24 heavy (non-hydrogen) atoms. The Morgan fingerprint density at radius 2 is 1.92 bits per heavy atom. The topological polar surface area (TPSA) is 65.1 Å². The lowest BCUT2D eigenvalue weighted by atomic mass is 9.80. The number of fused-ring (bicyclic) bond motifs is 3. The highest BCUT2D eigenvalue weighted by Crippen LogP contribution is 2.39. The van der Waals surface area contributed by atoms with Gasteiger partial charge in [-0.3, -0.25) is 10.1 Å². The third kappa shape index (κ3) is 2.22. The first-order valence-corrected chi connectivity index (χ1v) is 8.23. The molecule has 2 aromatic carbocycles. The van der Waals surface area contributed by atoms with Crippen LogP contribution in [0.2, 0.25) is 5.02 Å². The first-order valence-electron chi connectivity index (χ1n) is 7.85. The molecule has 0 radical (unpaired) electrons. The summed E-state index contributed by atoms with van der Waals surface area (Å²) in [4.78, 5) is 15.2. The molecule has 5 heteroatoms. The average Bonchev–Trinajstić information content (AvgIpc) is 2.95. The quantitative estimate of drug-likeness (QED) is 0.666. The van der Waals surface area contributed by atoms with E-state index in [1.165, 1.54) is 0 Å². The number of carbonyl (C=O) groups is 1. The largest absolute Gasteiger partial charge is 0.480 e. The summed E-state index contributed by atoms with van der Waals surface area (Å²) in [6, 6.07) is 14.9. The highest BCUT2D eigenvalue weighted by Gasteiger charge is 2.42. The fraction of sp³-hybridized carbons (Fsp3) is 0.211. The van der Waals surface area contributed by atoms with Crippen molar-refractivity contribution in [3.05, 3.63) is 70.4 Å². The van der Waals surface area contributed by atoms with Crippen LogP contribution in [0.1, 0.15) is 23.7 Å². The second-order valence-electron chi connectivity index (χ2n) is 6.40. The molecule has 0 amide bonds. The SMILES string of the molecule is C[C@]1(c2ccc(Cl)cc2)N[C@H](C(=O)O)Cc2c1[nH]c1ccccc21. The van der Waals surface area contributed by atoms with E-state index in [4.69, 9.17) is 11.6 Å². The summed E-state index contributed by atoms with van der Waals surface area (Å²) in [6.07, 6.45) is 0.456. The van der Waals surface area contributed by atoms with Gasteiger partial charge in [-0.2, -0.15) is 0 Å². The third-order valence-corrected chi connectivity index (χ3v) is 5.16. The zero-order valence-corrected chi connectivity index (χ0v) is 13.9.